The Hall–Kier alpha value is -2.69. The third-order valence-electron chi connectivity index (χ3n) is 3.84. The summed E-state index contributed by atoms with van der Waals surface area (Å²) in [4.78, 5) is 4.54. The summed E-state index contributed by atoms with van der Waals surface area (Å²) in [6.07, 6.45) is 0.0231. The third kappa shape index (κ3) is 4.08. The Kier molecular flexibility index (Phi) is 5.54. The Bertz CT molecular complexity index is 967. The fourth-order valence-corrected chi connectivity index (χ4v) is 3.49. The van der Waals surface area contributed by atoms with Crippen LogP contribution in [0.2, 0.25) is 0 Å². The van der Waals surface area contributed by atoms with Gasteiger partial charge in [-0.2, -0.15) is 18.3 Å². The highest BCUT2D eigenvalue weighted by Gasteiger charge is 2.35. The Labute approximate surface area is 161 Å². The van der Waals surface area contributed by atoms with Crippen LogP contribution in [-0.2, 0) is 13.2 Å². The molecule has 150 valence electrons. The lowest BCUT2D eigenvalue weighted by molar-refractivity contribution is -0.141. The van der Waals surface area contributed by atoms with E-state index in [9.17, 15) is 22.0 Å². The average Bonchev–Trinajstić information content (AvgIpc) is 3.21. The second-order valence-corrected chi connectivity index (χ2v) is 6.90. The van der Waals surface area contributed by atoms with E-state index in [2.05, 4.69) is 20.7 Å². The molecule has 0 saturated heterocycles. The molecule has 2 N–H and O–H groups in total. The number of rotatable bonds is 5. The molecule has 0 aromatic carbocycles. The highest BCUT2D eigenvalue weighted by molar-refractivity contribution is 7.18. The van der Waals surface area contributed by atoms with E-state index < -0.39 is 23.5 Å². The van der Waals surface area contributed by atoms with E-state index in [4.69, 9.17) is 0 Å². The molecule has 3 rings (SSSR count). The van der Waals surface area contributed by atoms with Crippen molar-refractivity contribution in [3.05, 3.63) is 53.2 Å². The normalized spacial score (nSPS) is 15.5. The van der Waals surface area contributed by atoms with E-state index in [0.29, 0.717) is 11.3 Å². The Morgan fingerprint density at radius 1 is 1.39 bits per heavy atom. The lowest BCUT2D eigenvalue weighted by Crippen LogP contribution is -2.18. The summed E-state index contributed by atoms with van der Waals surface area (Å²) in [5.74, 6) is -1.42. The van der Waals surface area contributed by atoms with Crippen molar-refractivity contribution in [1.82, 2.24) is 20.1 Å². The zero-order valence-corrected chi connectivity index (χ0v) is 15.7. The van der Waals surface area contributed by atoms with Crippen LogP contribution in [0.5, 0.6) is 0 Å². The standard InChI is InChI=1S/C17H16F5N5S/c1-3-4-11(15-9(18)6-23-7-10(15)19)25-16-24-8-13(28-16)12-5-14(17(20,21)22)26-27(12)2/h4-6,8,23H,3,7H2,1-2H3,(H,24,25). The molecule has 28 heavy (non-hydrogen) atoms. The summed E-state index contributed by atoms with van der Waals surface area (Å²) in [5.41, 5.74) is -0.764. The first-order valence-electron chi connectivity index (χ1n) is 8.23. The molecule has 0 radical (unpaired) electrons. The molecule has 2 aromatic rings. The van der Waals surface area contributed by atoms with Gasteiger partial charge in [-0.3, -0.25) is 4.68 Å². The van der Waals surface area contributed by atoms with Gasteiger partial charge in [0.25, 0.3) is 0 Å². The number of aromatic nitrogens is 3. The van der Waals surface area contributed by atoms with Gasteiger partial charge in [-0.25, -0.2) is 13.8 Å². The molecule has 0 bridgehead atoms. The molecule has 0 saturated carbocycles. The second kappa shape index (κ2) is 7.74. The van der Waals surface area contributed by atoms with Crippen LogP contribution in [-0.4, -0.2) is 21.3 Å². The summed E-state index contributed by atoms with van der Waals surface area (Å²) in [7, 11) is 1.40. The van der Waals surface area contributed by atoms with Gasteiger partial charge in [-0.05, 0) is 12.5 Å². The summed E-state index contributed by atoms with van der Waals surface area (Å²) in [6, 6.07) is 0.928. The van der Waals surface area contributed by atoms with Crippen molar-refractivity contribution < 1.29 is 22.0 Å². The van der Waals surface area contributed by atoms with Gasteiger partial charge in [0.2, 0.25) is 0 Å². The van der Waals surface area contributed by atoms with E-state index in [1.807, 2.05) is 6.92 Å². The van der Waals surface area contributed by atoms with Crippen molar-refractivity contribution in [2.75, 3.05) is 11.9 Å². The first-order chi connectivity index (χ1) is 13.2. The lowest BCUT2D eigenvalue weighted by atomic mass is 10.1. The number of allylic oxidation sites excluding steroid dienone is 2. The maximum absolute atomic E-state index is 14.1. The number of hydrogen-bond donors (Lipinski definition) is 2. The fourth-order valence-electron chi connectivity index (χ4n) is 2.62. The fraction of sp³-hybridized carbons (Fsp3) is 0.294. The number of nitrogens with one attached hydrogen (secondary N) is 2. The molecule has 0 atom stereocenters. The average molecular weight is 417 g/mol. The number of hydrogen-bond acceptors (Lipinski definition) is 5. The lowest BCUT2D eigenvalue weighted by Gasteiger charge is -2.17. The van der Waals surface area contributed by atoms with Crippen molar-refractivity contribution >= 4 is 16.5 Å². The first-order valence-corrected chi connectivity index (χ1v) is 9.05. The maximum Gasteiger partial charge on any atom is 0.435 e. The molecule has 0 fully saturated rings. The van der Waals surface area contributed by atoms with Crippen LogP contribution in [0.1, 0.15) is 19.0 Å². The van der Waals surface area contributed by atoms with Gasteiger partial charge in [0.15, 0.2) is 16.7 Å². The van der Waals surface area contributed by atoms with Crippen molar-refractivity contribution in [2.45, 2.75) is 19.5 Å². The van der Waals surface area contributed by atoms with E-state index in [0.717, 1.165) is 28.3 Å². The molecule has 0 aliphatic carbocycles. The second-order valence-electron chi connectivity index (χ2n) is 5.87. The number of thiazole rings is 1. The minimum atomic E-state index is -4.55. The number of alkyl halides is 3. The minimum absolute atomic E-state index is 0.135. The Balaban J connectivity index is 1.89. The van der Waals surface area contributed by atoms with Gasteiger partial charge in [0, 0.05) is 25.1 Å². The molecule has 1 aliphatic rings. The van der Waals surface area contributed by atoms with Crippen molar-refractivity contribution in [1.29, 1.82) is 0 Å². The van der Waals surface area contributed by atoms with Gasteiger partial charge >= 0.3 is 6.18 Å². The molecule has 3 heterocycles. The summed E-state index contributed by atoms with van der Waals surface area (Å²) in [5, 5.41) is 9.11. The number of dihydropyridines is 1. The largest absolute Gasteiger partial charge is 0.435 e. The van der Waals surface area contributed by atoms with Crippen LogP contribution in [0.4, 0.5) is 27.1 Å². The molecule has 11 heteroatoms. The Morgan fingerprint density at radius 2 is 2.14 bits per heavy atom. The molecule has 5 nitrogen and oxygen atoms in total. The van der Waals surface area contributed by atoms with Crippen LogP contribution in [0.25, 0.3) is 10.6 Å². The van der Waals surface area contributed by atoms with Crippen molar-refractivity contribution in [3.63, 3.8) is 0 Å². The zero-order valence-electron chi connectivity index (χ0n) is 14.9. The SMILES string of the molecule is CCC=C(Nc1ncc(-c2cc(C(F)(F)F)nn2C)s1)C1=C(F)CNC=C1F. The van der Waals surface area contributed by atoms with Crippen LogP contribution in [0, 0.1) is 0 Å². The maximum atomic E-state index is 14.1. The summed E-state index contributed by atoms with van der Waals surface area (Å²) >= 11 is 1.05. The van der Waals surface area contributed by atoms with Gasteiger partial charge < -0.3 is 10.6 Å². The predicted molar refractivity (Wildman–Crippen MR) is 96.6 cm³/mol. The predicted octanol–water partition coefficient (Wildman–Crippen LogP) is 4.91. The van der Waals surface area contributed by atoms with E-state index in [1.165, 1.54) is 13.2 Å². The number of halogens is 5. The number of anilines is 1. The van der Waals surface area contributed by atoms with Gasteiger partial charge in [-0.15, -0.1) is 0 Å². The van der Waals surface area contributed by atoms with E-state index >= 15 is 0 Å². The molecule has 0 unspecified atom stereocenters. The van der Waals surface area contributed by atoms with E-state index in [-0.39, 0.29) is 28.6 Å². The monoisotopic (exact) mass is 417 g/mol. The smallest absolute Gasteiger partial charge is 0.382 e. The summed E-state index contributed by atoms with van der Waals surface area (Å²) in [6.45, 7) is 1.67. The van der Waals surface area contributed by atoms with Gasteiger partial charge in [-0.1, -0.05) is 24.3 Å². The van der Waals surface area contributed by atoms with Crippen LogP contribution >= 0.6 is 11.3 Å². The molecule has 0 amide bonds. The Morgan fingerprint density at radius 3 is 2.75 bits per heavy atom. The molecular weight excluding hydrogens is 401 g/mol. The number of aryl methyl sites for hydroxylation is 1. The molecular formula is C17H16F5N5S. The molecule has 1 aliphatic heterocycles. The summed E-state index contributed by atoms with van der Waals surface area (Å²) < 4.78 is 67.9. The van der Waals surface area contributed by atoms with Crippen molar-refractivity contribution in [2.24, 2.45) is 7.05 Å². The highest BCUT2D eigenvalue weighted by Crippen LogP contribution is 2.36. The van der Waals surface area contributed by atoms with Gasteiger partial charge in [0.1, 0.15) is 5.83 Å². The molecule has 2 aromatic heterocycles. The third-order valence-corrected chi connectivity index (χ3v) is 4.78. The minimum Gasteiger partial charge on any atom is -0.382 e. The highest BCUT2D eigenvalue weighted by atomic mass is 32.1. The zero-order chi connectivity index (χ0) is 20.5. The van der Waals surface area contributed by atoms with Crippen LogP contribution in [0.15, 0.2) is 47.5 Å². The van der Waals surface area contributed by atoms with Crippen LogP contribution in [0.3, 0.4) is 0 Å². The molecule has 0 spiro atoms. The first kappa shape index (κ1) is 20.1. The van der Waals surface area contributed by atoms with Gasteiger partial charge in [0.05, 0.1) is 22.7 Å². The quantitative estimate of drug-likeness (QED) is 0.679. The van der Waals surface area contributed by atoms with Crippen molar-refractivity contribution in [3.8, 4) is 10.6 Å². The number of nitrogens with zero attached hydrogens (tertiary/aromatic N) is 3. The van der Waals surface area contributed by atoms with Crippen LogP contribution < -0.4 is 10.6 Å². The topological polar surface area (TPSA) is 54.8 Å². The van der Waals surface area contributed by atoms with E-state index in [1.54, 1.807) is 6.08 Å².